The Morgan fingerprint density at radius 3 is 1.58 bits per heavy atom. The molecule has 2 aromatic rings. The standard InChI is InChI=1S/C39H59NO10Si2/c1-38(2,3)51(10,11)49-33-20-16-28(17-21-33)35(50-52(12,13)39(4,5)6)24-30(42)22-29(41)23-31(43)25-37(45)48-34(26-36(44)40(7)47-9)27-14-18-32(46-8)19-15-27/h14-21,34-35H,22-26H2,1-13H3. The molecule has 13 heteroatoms. The minimum Gasteiger partial charge on any atom is -0.544 e. The van der Waals surface area contributed by atoms with Crippen LogP contribution < -0.4 is 9.16 Å². The van der Waals surface area contributed by atoms with Gasteiger partial charge in [-0.05, 0) is 71.7 Å². The van der Waals surface area contributed by atoms with Gasteiger partial charge < -0.3 is 18.3 Å². The molecule has 0 saturated carbocycles. The molecule has 1 amide bonds. The van der Waals surface area contributed by atoms with Gasteiger partial charge in [0.1, 0.15) is 35.6 Å². The second-order valence-electron chi connectivity index (χ2n) is 16.2. The van der Waals surface area contributed by atoms with E-state index >= 15 is 0 Å². The number of hydrogen-bond acceptors (Lipinski definition) is 10. The molecule has 52 heavy (non-hydrogen) atoms. The number of amides is 1. The summed E-state index contributed by atoms with van der Waals surface area (Å²) in [7, 11) is -0.137. The molecule has 0 aliphatic heterocycles. The van der Waals surface area contributed by atoms with E-state index in [2.05, 4.69) is 67.7 Å². The highest BCUT2D eigenvalue weighted by molar-refractivity contribution is 6.75. The summed E-state index contributed by atoms with van der Waals surface area (Å²) in [4.78, 5) is 69.3. The van der Waals surface area contributed by atoms with Gasteiger partial charge in [-0.15, -0.1) is 0 Å². The average Bonchev–Trinajstić information content (AvgIpc) is 3.02. The Morgan fingerprint density at radius 2 is 1.10 bits per heavy atom. The van der Waals surface area contributed by atoms with Gasteiger partial charge in [0.15, 0.2) is 14.1 Å². The molecule has 2 aromatic carbocycles. The summed E-state index contributed by atoms with van der Waals surface area (Å²) >= 11 is 0. The monoisotopic (exact) mass is 757 g/mol. The zero-order chi connectivity index (χ0) is 39.7. The highest BCUT2D eigenvalue weighted by Crippen LogP contribution is 2.42. The maximum Gasteiger partial charge on any atom is 0.313 e. The third kappa shape index (κ3) is 13.4. The van der Waals surface area contributed by atoms with Crippen LogP contribution in [0.1, 0.15) is 97.0 Å². The van der Waals surface area contributed by atoms with E-state index in [0.29, 0.717) is 11.3 Å². The van der Waals surface area contributed by atoms with Crippen LogP contribution in [0, 0.1) is 0 Å². The number of Topliss-reactive ketones (excluding diaryl/α,β-unsaturated/α-hetero) is 3. The molecule has 0 saturated heterocycles. The zero-order valence-corrected chi connectivity index (χ0v) is 35.3. The molecule has 0 N–H and O–H groups in total. The van der Waals surface area contributed by atoms with E-state index < -0.39 is 71.5 Å². The molecule has 0 spiro atoms. The number of rotatable bonds is 19. The van der Waals surface area contributed by atoms with Crippen LogP contribution in [0.2, 0.25) is 36.3 Å². The van der Waals surface area contributed by atoms with Crippen LogP contribution in [0.4, 0.5) is 0 Å². The lowest BCUT2D eigenvalue weighted by Gasteiger charge is -2.39. The number of ketones is 3. The molecule has 0 heterocycles. The maximum absolute atomic E-state index is 13.3. The molecule has 2 unspecified atom stereocenters. The quantitative estimate of drug-likeness (QED) is 0.0599. The summed E-state index contributed by atoms with van der Waals surface area (Å²) in [6, 6.07) is 14.2. The topological polar surface area (TPSA) is 135 Å². The smallest absolute Gasteiger partial charge is 0.313 e. The number of esters is 1. The first kappa shape index (κ1) is 44.5. The summed E-state index contributed by atoms with van der Waals surface area (Å²) < 4.78 is 23.9. The minimum absolute atomic E-state index is 0.0296. The molecular weight excluding hydrogens is 699 g/mol. The lowest BCUT2D eigenvalue weighted by molar-refractivity contribution is -0.173. The summed E-state index contributed by atoms with van der Waals surface area (Å²) in [5.74, 6) is -1.70. The van der Waals surface area contributed by atoms with E-state index in [1.54, 1.807) is 24.3 Å². The number of benzene rings is 2. The number of ether oxygens (including phenoxy) is 2. The van der Waals surface area contributed by atoms with Crippen LogP contribution >= 0.6 is 0 Å². The molecule has 0 aliphatic rings. The van der Waals surface area contributed by atoms with Crippen molar-refractivity contribution in [2.75, 3.05) is 21.3 Å². The number of hydrogen-bond donors (Lipinski definition) is 0. The molecule has 2 rings (SSSR count). The lowest BCUT2D eigenvalue weighted by atomic mass is 10.00. The van der Waals surface area contributed by atoms with E-state index in [9.17, 15) is 24.0 Å². The fourth-order valence-electron chi connectivity index (χ4n) is 4.60. The van der Waals surface area contributed by atoms with E-state index in [1.807, 2.05) is 24.3 Å². The third-order valence-corrected chi connectivity index (χ3v) is 18.8. The summed E-state index contributed by atoms with van der Waals surface area (Å²) in [6.07, 6.45) is -3.67. The SMILES string of the molecule is COc1ccc(C(CC(=O)N(C)OC)OC(=O)CC(=O)CC(=O)CC(=O)CC(O[Si](C)(C)C(C)(C)C)c2ccc(O[Si](C)(C)C(C)(C)C)cc2)cc1. The Morgan fingerprint density at radius 1 is 0.635 bits per heavy atom. The van der Waals surface area contributed by atoms with Crippen LogP contribution in [-0.2, 0) is 38.0 Å². The highest BCUT2D eigenvalue weighted by atomic mass is 28.4. The van der Waals surface area contributed by atoms with Crippen LogP contribution in [0.25, 0.3) is 0 Å². The van der Waals surface area contributed by atoms with Gasteiger partial charge in [0.25, 0.3) is 0 Å². The molecule has 0 aliphatic carbocycles. The van der Waals surface area contributed by atoms with Gasteiger partial charge in [0.2, 0.25) is 14.2 Å². The Hall–Kier alpha value is -3.66. The Bertz CT molecular complexity index is 1540. The first-order chi connectivity index (χ1) is 23.9. The van der Waals surface area contributed by atoms with Crippen molar-refractivity contribution in [3.8, 4) is 11.5 Å². The van der Waals surface area contributed by atoms with Crippen molar-refractivity contribution in [2.24, 2.45) is 0 Å². The van der Waals surface area contributed by atoms with Crippen LogP contribution in [-0.4, -0.2) is 72.2 Å². The van der Waals surface area contributed by atoms with Gasteiger partial charge >= 0.3 is 5.97 Å². The molecule has 2 atom stereocenters. The van der Waals surface area contributed by atoms with Crippen molar-refractivity contribution >= 4 is 45.9 Å². The first-order valence-corrected chi connectivity index (χ1v) is 23.4. The van der Waals surface area contributed by atoms with E-state index in [0.717, 1.165) is 16.4 Å². The molecule has 288 valence electrons. The van der Waals surface area contributed by atoms with E-state index in [1.165, 1.54) is 21.3 Å². The van der Waals surface area contributed by atoms with Crippen molar-refractivity contribution in [1.82, 2.24) is 5.06 Å². The third-order valence-electron chi connectivity index (χ3n) is 9.96. The molecule has 0 bridgehead atoms. The first-order valence-electron chi connectivity index (χ1n) is 17.5. The summed E-state index contributed by atoms with van der Waals surface area (Å²) in [6.45, 7) is 21.4. The van der Waals surface area contributed by atoms with Crippen LogP contribution in [0.5, 0.6) is 11.5 Å². The second-order valence-corrected chi connectivity index (χ2v) is 25.7. The molecule has 0 aromatic heterocycles. The summed E-state index contributed by atoms with van der Waals surface area (Å²) in [5.41, 5.74) is 1.31. The number of carbonyl (C=O) groups is 5. The van der Waals surface area contributed by atoms with Crippen molar-refractivity contribution < 1.29 is 47.1 Å². The number of hydroxylamine groups is 2. The second kappa shape index (κ2) is 18.4. The minimum atomic E-state index is -2.34. The van der Waals surface area contributed by atoms with Crippen LogP contribution in [0.3, 0.4) is 0 Å². The largest absolute Gasteiger partial charge is 0.544 e. The molecule has 0 radical (unpaired) electrons. The van der Waals surface area contributed by atoms with Crippen molar-refractivity contribution in [2.45, 2.75) is 122 Å². The Labute approximate surface area is 311 Å². The van der Waals surface area contributed by atoms with Crippen LogP contribution in [0.15, 0.2) is 48.5 Å². The van der Waals surface area contributed by atoms with E-state index in [-0.39, 0.29) is 28.7 Å². The fraction of sp³-hybridized carbons (Fsp3) is 0.564. The van der Waals surface area contributed by atoms with Gasteiger partial charge in [-0.3, -0.25) is 28.8 Å². The van der Waals surface area contributed by atoms with Gasteiger partial charge in [-0.2, -0.15) is 0 Å². The van der Waals surface area contributed by atoms with Crippen molar-refractivity contribution in [3.05, 3.63) is 59.7 Å². The highest BCUT2D eigenvalue weighted by Gasteiger charge is 2.41. The predicted molar refractivity (Wildman–Crippen MR) is 205 cm³/mol. The molecule has 11 nitrogen and oxygen atoms in total. The fourth-order valence-corrected chi connectivity index (χ4v) is 6.91. The van der Waals surface area contributed by atoms with Gasteiger partial charge in [0.05, 0.1) is 39.6 Å². The summed E-state index contributed by atoms with van der Waals surface area (Å²) in [5, 5.41) is 0.907. The average molecular weight is 758 g/mol. The number of carbonyl (C=O) groups excluding carboxylic acids is 5. The predicted octanol–water partition coefficient (Wildman–Crippen LogP) is 8.10. The Balaban J connectivity index is 2.11. The molecule has 0 fully saturated rings. The maximum atomic E-state index is 13.3. The van der Waals surface area contributed by atoms with Crippen molar-refractivity contribution in [3.63, 3.8) is 0 Å². The van der Waals surface area contributed by atoms with Gasteiger partial charge in [-0.25, -0.2) is 5.06 Å². The van der Waals surface area contributed by atoms with Gasteiger partial charge in [-0.1, -0.05) is 65.8 Å². The Kier molecular flexibility index (Phi) is 15.7. The van der Waals surface area contributed by atoms with E-state index in [4.69, 9.17) is 23.2 Å². The lowest BCUT2D eigenvalue weighted by Crippen LogP contribution is -2.43. The zero-order valence-electron chi connectivity index (χ0n) is 33.3. The van der Waals surface area contributed by atoms with Gasteiger partial charge in [0, 0.05) is 13.5 Å². The number of methoxy groups -OCH3 is 1. The molecular formula is C39H59NO10Si2. The number of nitrogens with zero attached hydrogens (tertiary/aromatic N) is 1. The van der Waals surface area contributed by atoms with Crippen molar-refractivity contribution in [1.29, 1.82) is 0 Å². The normalized spacial score (nSPS) is 13.5.